The molecule has 0 fully saturated rings. The van der Waals surface area contributed by atoms with E-state index in [1.807, 2.05) is 30.3 Å². The van der Waals surface area contributed by atoms with Gasteiger partial charge in [-0.1, -0.05) is 48.9 Å². The van der Waals surface area contributed by atoms with Crippen molar-refractivity contribution in [3.05, 3.63) is 64.7 Å². The van der Waals surface area contributed by atoms with Crippen LogP contribution in [0.25, 0.3) is 0 Å². The van der Waals surface area contributed by atoms with E-state index in [9.17, 15) is 0 Å². The summed E-state index contributed by atoms with van der Waals surface area (Å²) in [6, 6.07) is 16.5. The first-order chi connectivity index (χ1) is 9.74. The van der Waals surface area contributed by atoms with Gasteiger partial charge >= 0.3 is 0 Å². The zero-order chi connectivity index (χ0) is 14.4. The lowest BCUT2D eigenvalue weighted by Gasteiger charge is -2.21. The molecule has 20 heavy (non-hydrogen) atoms. The van der Waals surface area contributed by atoms with Crippen LogP contribution in [0.5, 0.6) is 0 Å². The normalized spacial score (nSPS) is 12.2. The van der Waals surface area contributed by atoms with Crippen LogP contribution in [0.2, 0.25) is 5.02 Å². The van der Waals surface area contributed by atoms with Crippen LogP contribution >= 0.6 is 11.6 Å². The molecule has 0 aromatic heterocycles. The molecule has 0 radical (unpaired) electrons. The zero-order valence-corrected chi connectivity index (χ0v) is 12.7. The van der Waals surface area contributed by atoms with Crippen LogP contribution in [-0.4, -0.2) is 7.11 Å². The van der Waals surface area contributed by atoms with Crippen molar-refractivity contribution in [2.75, 3.05) is 12.4 Å². The number of hydrogen-bond acceptors (Lipinski definition) is 2. The first-order valence-corrected chi connectivity index (χ1v) is 7.21. The highest BCUT2D eigenvalue weighted by atomic mass is 35.5. The van der Waals surface area contributed by atoms with Gasteiger partial charge in [0.1, 0.15) is 0 Å². The fourth-order valence-electron chi connectivity index (χ4n) is 2.27. The van der Waals surface area contributed by atoms with Crippen molar-refractivity contribution < 1.29 is 4.74 Å². The summed E-state index contributed by atoms with van der Waals surface area (Å²) in [6.07, 6.45) is 0.988. The Hall–Kier alpha value is -1.51. The number of methoxy groups -OCH3 is 1. The minimum Gasteiger partial charge on any atom is -0.380 e. The maximum absolute atomic E-state index is 6.08. The molecule has 0 aliphatic rings. The highest BCUT2D eigenvalue weighted by Crippen LogP contribution is 2.26. The van der Waals surface area contributed by atoms with E-state index in [0.29, 0.717) is 6.61 Å². The lowest BCUT2D eigenvalue weighted by atomic mass is 10.0. The number of anilines is 1. The monoisotopic (exact) mass is 289 g/mol. The summed E-state index contributed by atoms with van der Waals surface area (Å²) in [6.45, 7) is 2.77. The van der Waals surface area contributed by atoms with Crippen molar-refractivity contribution in [1.29, 1.82) is 0 Å². The van der Waals surface area contributed by atoms with E-state index in [1.165, 1.54) is 5.56 Å². The molecule has 2 aromatic carbocycles. The molecular formula is C17H20ClNO. The molecule has 3 heteroatoms. The number of hydrogen-bond donors (Lipinski definition) is 1. The molecule has 0 amide bonds. The number of rotatable bonds is 6. The Bertz CT molecular complexity index is 556. The molecule has 1 unspecified atom stereocenters. The standard InChI is InChI=1S/C17H20ClNO/c1-3-16(13-8-6-9-15(18)11-13)19-17-10-5-4-7-14(17)12-20-2/h4-11,16,19H,3,12H2,1-2H3. The molecule has 0 aliphatic carbocycles. The van der Waals surface area contributed by atoms with Gasteiger partial charge in [-0.3, -0.25) is 0 Å². The Morgan fingerprint density at radius 1 is 1.15 bits per heavy atom. The smallest absolute Gasteiger partial charge is 0.0733 e. The predicted octanol–water partition coefficient (Wildman–Crippen LogP) is 5.05. The minimum atomic E-state index is 0.242. The van der Waals surface area contributed by atoms with E-state index < -0.39 is 0 Å². The van der Waals surface area contributed by atoms with Crippen LogP contribution in [0.1, 0.15) is 30.5 Å². The molecule has 0 aliphatic heterocycles. The Morgan fingerprint density at radius 2 is 1.95 bits per heavy atom. The molecule has 2 nitrogen and oxygen atoms in total. The first-order valence-electron chi connectivity index (χ1n) is 6.83. The second-order valence-corrected chi connectivity index (χ2v) is 5.19. The lowest BCUT2D eigenvalue weighted by molar-refractivity contribution is 0.185. The van der Waals surface area contributed by atoms with Gasteiger partial charge in [-0.15, -0.1) is 0 Å². The Morgan fingerprint density at radius 3 is 2.65 bits per heavy atom. The summed E-state index contributed by atoms with van der Waals surface area (Å²) in [5.41, 5.74) is 3.48. The summed E-state index contributed by atoms with van der Waals surface area (Å²) in [4.78, 5) is 0. The van der Waals surface area contributed by atoms with E-state index in [1.54, 1.807) is 7.11 Å². The van der Waals surface area contributed by atoms with Gasteiger partial charge in [0.2, 0.25) is 0 Å². The molecule has 1 N–H and O–H groups in total. The SMILES string of the molecule is CCC(Nc1ccccc1COC)c1cccc(Cl)c1. The molecule has 0 heterocycles. The third-order valence-electron chi connectivity index (χ3n) is 3.31. The molecule has 106 valence electrons. The third kappa shape index (κ3) is 3.75. The average Bonchev–Trinajstić information content (AvgIpc) is 2.46. The van der Waals surface area contributed by atoms with Gasteiger partial charge < -0.3 is 10.1 Å². The fourth-order valence-corrected chi connectivity index (χ4v) is 2.47. The van der Waals surface area contributed by atoms with Crippen LogP contribution in [0, 0.1) is 0 Å². The van der Waals surface area contributed by atoms with E-state index in [-0.39, 0.29) is 6.04 Å². The van der Waals surface area contributed by atoms with Crippen LogP contribution < -0.4 is 5.32 Å². The molecular weight excluding hydrogens is 270 g/mol. The van der Waals surface area contributed by atoms with Crippen molar-refractivity contribution in [2.24, 2.45) is 0 Å². The van der Waals surface area contributed by atoms with Crippen LogP contribution in [0.3, 0.4) is 0 Å². The van der Waals surface area contributed by atoms with E-state index in [0.717, 1.165) is 22.7 Å². The molecule has 2 aromatic rings. The summed E-state index contributed by atoms with van der Waals surface area (Å²) in [7, 11) is 1.71. The van der Waals surface area contributed by atoms with Crippen LogP contribution in [-0.2, 0) is 11.3 Å². The first kappa shape index (κ1) is 14.9. The summed E-state index contributed by atoms with van der Waals surface area (Å²) in [5, 5.41) is 4.36. The van der Waals surface area contributed by atoms with E-state index >= 15 is 0 Å². The second-order valence-electron chi connectivity index (χ2n) is 4.75. The van der Waals surface area contributed by atoms with Gasteiger partial charge in [0, 0.05) is 23.4 Å². The van der Waals surface area contributed by atoms with E-state index in [4.69, 9.17) is 16.3 Å². The fraction of sp³-hybridized carbons (Fsp3) is 0.294. The number of ether oxygens (including phenoxy) is 1. The lowest BCUT2D eigenvalue weighted by Crippen LogP contribution is -2.11. The highest BCUT2D eigenvalue weighted by molar-refractivity contribution is 6.30. The van der Waals surface area contributed by atoms with Crippen molar-refractivity contribution >= 4 is 17.3 Å². The van der Waals surface area contributed by atoms with Gasteiger partial charge in [-0.05, 0) is 30.2 Å². The highest BCUT2D eigenvalue weighted by Gasteiger charge is 2.11. The minimum absolute atomic E-state index is 0.242. The maximum atomic E-state index is 6.08. The largest absolute Gasteiger partial charge is 0.380 e. The molecule has 0 bridgehead atoms. The van der Waals surface area contributed by atoms with Gasteiger partial charge in [-0.2, -0.15) is 0 Å². The van der Waals surface area contributed by atoms with Gasteiger partial charge in [0.05, 0.1) is 12.6 Å². The van der Waals surface area contributed by atoms with Crippen molar-refractivity contribution in [3.8, 4) is 0 Å². The molecule has 0 saturated heterocycles. The average molecular weight is 290 g/mol. The Labute approximate surface area is 125 Å². The van der Waals surface area contributed by atoms with E-state index in [2.05, 4.69) is 30.4 Å². The topological polar surface area (TPSA) is 21.3 Å². The maximum Gasteiger partial charge on any atom is 0.0733 e. The van der Waals surface area contributed by atoms with Crippen molar-refractivity contribution in [2.45, 2.75) is 26.0 Å². The zero-order valence-electron chi connectivity index (χ0n) is 11.9. The summed E-state index contributed by atoms with van der Waals surface area (Å²) < 4.78 is 5.25. The predicted molar refractivity (Wildman–Crippen MR) is 85.3 cm³/mol. The van der Waals surface area contributed by atoms with Gasteiger partial charge in [0.15, 0.2) is 0 Å². The number of para-hydroxylation sites is 1. The van der Waals surface area contributed by atoms with Crippen LogP contribution in [0.4, 0.5) is 5.69 Å². The molecule has 1 atom stereocenters. The number of nitrogens with one attached hydrogen (secondary N) is 1. The quantitative estimate of drug-likeness (QED) is 0.803. The molecule has 0 spiro atoms. The Balaban J connectivity index is 2.22. The molecule has 0 saturated carbocycles. The van der Waals surface area contributed by atoms with Crippen molar-refractivity contribution in [3.63, 3.8) is 0 Å². The number of halogens is 1. The summed E-state index contributed by atoms with van der Waals surface area (Å²) >= 11 is 6.08. The van der Waals surface area contributed by atoms with Crippen molar-refractivity contribution in [1.82, 2.24) is 0 Å². The second kappa shape index (κ2) is 7.32. The number of benzene rings is 2. The van der Waals surface area contributed by atoms with Gasteiger partial charge in [-0.25, -0.2) is 0 Å². The van der Waals surface area contributed by atoms with Crippen LogP contribution in [0.15, 0.2) is 48.5 Å². The summed E-state index contributed by atoms with van der Waals surface area (Å²) in [5.74, 6) is 0. The van der Waals surface area contributed by atoms with Gasteiger partial charge in [0.25, 0.3) is 0 Å². The Kier molecular flexibility index (Phi) is 5.45. The molecule has 2 rings (SSSR count). The third-order valence-corrected chi connectivity index (χ3v) is 3.54.